The maximum absolute atomic E-state index is 8.59. The Kier molecular flexibility index (Phi) is 8.51. The topological polar surface area (TPSA) is 8.82 Å². The van der Waals surface area contributed by atoms with Gasteiger partial charge in [0.25, 0.3) is 0 Å². The second-order valence-corrected chi connectivity index (χ2v) is 28.2. The predicted molar refractivity (Wildman–Crippen MR) is 366 cm³/mol. The summed E-state index contributed by atoms with van der Waals surface area (Å²) < 4.78 is 108. The summed E-state index contributed by atoms with van der Waals surface area (Å²) in [5, 5.41) is 12.4. The first kappa shape index (κ1) is 40.7. The number of rotatable bonds is 4. The van der Waals surface area contributed by atoms with Gasteiger partial charge in [0.15, 0.2) is 0 Å². The van der Waals surface area contributed by atoms with Crippen molar-refractivity contribution in [1.82, 2.24) is 8.80 Å². The average molecular weight is 1100 g/mol. The van der Waals surface area contributed by atoms with Crippen molar-refractivity contribution >= 4 is 97.7 Å². The molecule has 4 aromatic heterocycles. The molecule has 2 heteroatoms. The second kappa shape index (κ2) is 17.6. The molecule has 0 fully saturated rings. The van der Waals surface area contributed by atoms with Crippen molar-refractivity contribution in [2.24, 2.45) is 0 Å². The average Bonchev–Trinajstić information content (AvgIpc) is 1.49. The molecule has 0 bridgehead atoms. The highest BCUT2D eigenvalue weighted by molar-refractivity contribution is 6.38. The summed E-state index contributed by atoms with van der Waals surface area (Å²) in [7, 11) is 0. The molecule has 2 nitrogen and oxygen atoms in total. The molecule has 15 aromatic rings. The van der Waals surface area contributed by atoms with E-state index in [0.717, 1.165) is 120 Å². The molecule has 4 heterocycles. The van der Waals surface area contributed by atoms with E-state index in [2.05, 4.69) is 189 Å². The summed E-state index contributed by atoms with van der Waals surface area (Å²) in [6.45, 7) is 17.0. The number of aryl methyl sites for hydroxylation is 4. The largest absolute Gasteiger partial charge is 0.307 e. The van der Waals surface area contributed by atoms with Gasteiger partial charge in [0.1, 0.15) is 0 Å². The monoisotopic (exact) mass is 1100 g/mol. The number of fused-ring (bicyclic) bond motifs is 14. The number of benzene rings is 11. The van der Waals surface area contributed by atoms with Crippen molar-refractivity contribution in [3.8, 4) is 44.5 Å². The van der Waals surface area contributed by atoms with Gasteiger partial charge in [-0.25, -0.2) is 0 Å². The molecule has 414 valence electrons. The predicted octanol–water partition coefficient (Wildman–Crippen LogP) is 23.4. The number of aromatic nitrogens is 2. The van der Waals surface area contributed by atoms with E-state index in [0.29, 0.717) is 11.1 Å². The molecule has 0 aliphatic carbocycles. The quantitative estimate of drug-likeness (QED) is 0.166. The van der Waals surface area contributed by atoms with E-state index in [1.807, 2.05) is 36.4 Å². The van der Waals surface area contributed by atoms with Crippen LogP contribution in [0, 0.1) is 27.4 Å². The minimum atomic E-state index is -2.58. The first-order valence-corrected chi connectivity index (χ1v) is 29.6. The molecule has 0 amide bonds. The van der Waals surface area contributed by atoms with E-state index in [1.54, 1.807) is 0 Å². The Morgan fingerprint density at radius 1 is 0.274 bits per heavy atom. The van der Waals surface area contributed by atoms with E-state index in [9.17, 15) is 0 Å². The summed E-state index contributed by atoms with van der Waals surface area (Å²) in [6.07, 6.45) is 0. The van der Waals surface area contributed by atoms with Gasteiger partial charge in [-0.2, -0.15) is 0 Å². The van der Waals surface area contributed by atoms with Gasteiger partial charge >= 0.3 is 0 Å². The van der Waals surface area contributed by atoms with Crippen LogP contribution in [0.5, 0.6) is 0 Å². The highest BCUT2D eigenvalue weighted by Gasteiger charge is 2.34. The van der Waals surface area contributed by atoms with Gasteiger partial charge in [0.2, 0.25) is 0 Å². The van der Waals surface area contributed by atoms with Gasteiger partial charge in [-0.05, 0) is 221 Å². The SMILES string of the molecule is [2H]C([2H])([2H])c1cccc(C([2H])([2H])[2H])c1-c1ccc2cc(-c3c4c5cc(C(C)(C)C)cc6c7cc(C(C)(C)C)ccc7n(c4c(-c4ccc7cc(-c8c(C([2H])([2H])[2H])cccc8C([2H])([2H])[2H])ccc7c4)c4c7cc(C(C)(C)C)cc8c9cc(C(C)(C)C)ccc9n(c34)c87)c65)ccc2c1. The molecular formula is C82H76N2. The van der Waals surface area contributed by atoms with E-state index < -0.39 is 27.4 Å². The van der Waals surface area contributed by atoms with E-state index >= 15 is 0 Å². The van der Waals surface area contributed by atoms with Gasteiger partial charge in [0, 0.05) is 70.7 Å². The summed E-state index contributed by atoms with van der Waals surface area (Å²) in [5.41, 5.74) is 15.8. The molecule has 0 spiro atoms. The van der Waals surface area contributed by atoms with Crippen LogP contribution in [0.25, 0.3) is 142 Å². The molecule has 0 aliphatic rings. The van der Waals surface area contributed by atoms with Crippen LogP contribution in [0.15, 0.2) is 170 Å². The third kappa shape index (κ3) is 7.61. The highest BCUT2D eigenvalue weighted by atomic mass is 14.9. The van der Waals surface area contributed by atoms with Gasteiger partial charge in [-0.1, -0.05) is 180 Å². The van der Waals surface area contributed by atoms with E-state index in [-0.39, 0.29) is 55.0 Å². The molecule has 0 aliphatic heterocycles. The fourth-order valence-corrected chi connectivity index (χ4v) is 14.0. The first-order valence-electron chi connectivity index (χ1n) is 35.6. The lowest BCUT2D eigenvalue weighted by Gasteiger charge is -2.21. The molecule has 0 N–H and O–H groups in total. The molecular weight excluding hydrogens is 1010 g/mol. The second-order valence-electron chi connectivity index (χ2n) is 28.2. The molecule has 0 saturated carbocycles. The number of hydrogen-bond acceptors (Lipinski definition) is 0. The maximum Gasteiger partial charge on any atom is 0.0634 e. The van der Waals surface area contributed by atoms with Crippen molar-refractivity contribution in [1.29, 1.82) is 0 Å². The van der Waals surface area contributed by atoms with E-state index in [1.165, 1.54) is 58.7 Å². The first-order chi connectivity index (χ1) is 44.7. The van der Waals surface area contributed by atoms with Crippen molar-refractivity contribution in [3.05, 3.63) is 214 Å². The Labute approximate surface area is 511 Å². The Hall–Kier alpha value is -8.46. The number of nitrogens with zero attached hydrogens (tertiary/aromatic N) is 2. The van der Waals surface area contributed by atoms with Gasteiger partial charge < -0.3 is 8.80 Å². The summed E-state index contributed by atoms with van der Waals surface area (Å²) in [4.78, 5) is 0. The van der Waals surface area contributed by atoms with Crippen LogP contribution in [0.3, 0.4) is 0 Å². The standard InChI is InChI=1S/C82H76N2/c1-45-19-17-20-46(2)69(45)53-27-23-51-37-55(29-25-49(51)35-53)71-73-65-43-59(81(11,12)13)41-63-62-40-58(80(8,9)10)32-34-68(62)84(75(63)65)78(73)72(56-30-26-50-36-54(28-24-52(50)38-56)70-47(3)21-18-22-48(70)4)74-66-44-60(82(14,15)16)42-64-61-39-57(79(5,6)7)31-33-67(61)83(76(64)66)77(71)74/h17-44H,1-16H3/i1D3,2D3,3D3,4D3. The lowest BCUT2D eigenvalue weighted by molar-refractivity contribution is 0.590. The lowest BCUT2D eigenvalue weighted by Crippen LogP contribution is -2.11. The Morgan fingerprint density at radius 3 is 0.881 bits per heavy atom. The normalized spacial score (nSPS) is 16.0. The fourth-order valence-electron chi connectivity index (χ4n) is 14.0. The Bertz CT molecular complexity index is 5370. The van der Waals surface area contributed by atoms with Crippen LogP contribution in [0.2, 0.25) is 0 Å². The number of hydrogen-bond donors (Lipinski definition) is 0. The molecule has 11 aromatic carbocycles. The summed E-state index contributed by atoms with van der Waals surface area (Å²) in [6, 6.07) is 57.4. The maximum atomic E-state index is 8.59. The van der Waals surface area contributed by atoms with Crippen LogP contribution in [0.1, 0.15) is 144 Å². The van der Waals surface area contributed by atoms with E-state index in [4.69, 9.17) is 16.4 Å². The van der Waals surface area contributed by atoms with Gasteiger partial charge in [0.05, 0.1) is 33.1 Å². The Balaban J connectivity index is 1.15. The third-order valence-electron chi connectivity index (χ3n) is 18.6. The fraction of sp³-hybridized carbons (Fsp3) is 0.244. The van der Waals surface area contributed by atoms with Crippen molar-refractivity contribution in [2.45, 2.75) is 132 Å². The molecule has 0 unspecified atom stereocenters. The zero-order chi connectivity index (χ0) is 68.6. The van der Waals surface area contributed by atoms with Gasteiger partial charge in [-0.3, -0.25) is 0 Å². The zero-order valence-electron chi connectivity index (χ0n) is 62.1. The van der Waals surface area contributed by atoms with Crippen molar-refractivity contribution in [3.63, 3.8) is 0 Å². The lowest BCUT2D eigenvalue weighted by atomic mass is 9.82. The molecule has 0 saturated heterocycles. The van der Waals surface area contributed by atoms with Crippen LogP contribution < -0.4 is 0 Å². The van der Waals surface area contributed by atoms with Crippen LogP contribution >= 0.6 is 0 Å². The minimum Gasteiger partial charge on any atom is -0.307 e. The van der Waals surface area contributed by atoms with Crippen LogP contribution in [0.4, 0.5) is 0 Å². The van der Waals surface area contributed by atoms with Crippen molar-refractivity contribution in [2.75, 3.05) is 0 Å². The van der Waals surface area contributed by atoms with Gasteiger partial charge in [-0.15, -0.1) is 0 Å². The zero-order valence-corrected chi connectivity index (χ0v) is 50.1. The summed E-state index contributed by atoms with van der Waals surface area (Å²) >= 11 is 0. The Morgan fingerprint density at radius 2 is 0.571 bits per heavy atom. The highest BCUT2D eigenvalue weighted by Crippen LogP contribution is 2.56. The molecule has 84 heavy (non-hydrogen) atoms. The minimum absolute atomic E-state index is 0.0141. The van der Waals surface area contributed by atoms with Crippen LogP contribution in [-0.2, 0) is 21.7 Å². The molecule has 0 radical (unpaired) electrons. The third-order valence-corrected chi connectivity index (χ3v) is 18.6. The summed E-state index contributed by atoms with van der Waals surface area (Å²) in [5.74, 6) is 0. The smallest absolute Gasteiger partial charge is 0.0634 e. The van der Waals surface area contributed by atoms with Crippen molar-refractivity contribution < 1.29 is 16.4 Å². The molecule has 15 rings (SSSR count). The van der Waals surface area contributed by atoms with Crippen LogP contribution in [-0.4, -0.2) is 8.80 Å². The molecule has 0 atom stereocenters.